The monoisotopic (exact) mass is 481 g/mol. The molecule has 2 saturated heterocycles. The summed E-state index contributed by atoms with van der Waals surface area (Å²) in [6.07, 6.45) is 4.35. The van der Waals surface area contributed by atoms with Crippen molar-refractivity contribution in [1.29, 1.82) is 0 Å². The van der Waals surface area contributed by atoms with Gasteiger partial charge in [0, 0.05) is 52.7 Å². The van der Waals surface area contributed by atoms with Gasteiger partial charge in [0.25, 0.3) is 0 Å². The highest BCUT2D eigenvalue weighted by atomic mass is 127. The number of halogens is 1. The second-order valence-electron chi connectivity index (χ2n) is 7.47. The summed E-state index contributed by atoms with van der Waals surface area (Å²) in [6.45, 7) is 10.1. The highest BCUT2D eigenvalue weighted by molar-refractivity contribution is 14.0. The molecule has 0 aromatic heterocycles. The van der Waals surface area contributed by atoms with E-state index >= 15 is 0 Å². The fourth-order valence-electron chi connectivity index (χ4n) is 4.01. The van der Waals surface area contributed by atoms with Gasteiger partial charge in [-0.2, -0.15) is 0 Å². The summed E-state index contributed by atoms with van der Waals surface area (Å²) in [4.78, 5) is 20.3. The van der Waals surface area contributed by atoms with Crippen molar-refractivity contribution < 1.29 is 9.53 Å². The van der Waals surface area contributed by atoms with Gasteiger partial charge in [0.2, 0.25) is 5.91 Å². The summed E-state index contributed by atoms with van der Waals surface area (Å²) >= 11 is 0. The SMILES string of the molecule is CN=C(NCCCN1CC(C)OC(C)C1)N1CCCC(CC(N)=O)C1.I. The highest BCUT2D eigenvalue weighted by Gasteiger charge is 2.24. The van der Waals surface area contributed by atoms with E-state index in [9.17, 15) is 4.79 Å². The van der Waals surface area contributed by atoms with Gasteiger partial charge in [-0.1, -0.05) is 0 Å². The Morgan fingerprint density at radius 3 is 2.58 bits per heavy atom. The molecule has 2 aliphatic heterocycles. The van der Waals surface area contributed by atoms with Crippen LogP contribution in [0.3, 0.4) is 0 Å². The second kappa shape index (κ2) is 12.0. The maximum absolute atomic E-state index is 11.2. The first-order valence-electron chi connectivity index (χ1n) is 9.59. The van der Waals surface area contributed by atoms with E-state index in [4.69, 9.17) is 10.5 Å². The molecule has 2 heterocycles. The Balaban J connectivity index is 0.00000338. The van der Waals surface area contributed by atoms with Gasteiger partial charge in [-0.3, -0.25) is 14.7 Å². The topological polar surface area (TPSA) is 83.2 Å². The lowest BCUT2D eigenvalue weighted by Gasteiger charge is -2.36. The van der Waals surface area contributed by atoms with Gasteiger partial charge >= 0.3 is 0 Å². The lowest BCUT2D eigenvalue weighted by molar-refractivity contribution is -0.119. The molecule has 3 atom stereocenters. The number of aliphatic imine (C=N–C) groups is 1. The van der Waals surface area contributed by atoms with Crippen LogP contribution in [0.1, 0.15) is 39.5 Å². The van der Waals surface area contributed by atoms with Crippen molar-refractivity contribution in [3.63, 3.8) is 0 Å². The van der Waals surface area contributed by atoms with Crippen molar-refractivity contribution >= 4 is 35.8 Å². The minimum Gasteiger partial charge on any atom is -0.373 e. The van der Waals surface area contributed by atoms with Crippen molar-refractivity contribution in [3.05, 3.63) is 0 Å². The van der Waals surface area contributed by atoms with E-state index in [1.165, 1.54) is 0 Å². The van der Waals surface area contributed by atoms with E-state index in [-0.39, 0.29) is 29.9 Å². The minimum absolute atomic E-state index is 0. The number of carbonyl (C=O) groups excluding carboxylic acids is 1. The summed E-state index contributed by atoms with van der Waals surface area (Å²) in [6, 6.07) is 0. The van der Waals surface area contributed by atoms with Crippen LogP contribution in [0.25, 0.3) is 0 Å². The van der Waals surface area contributed by atoms with Crippen LogP contribution in [0.2, 0.25) is 0 Å². The van der Waals surface area contributed by atoms with Crippen LogP contribution in [0.4, 0.5) is 0 Å². The largest absolute Gasteiger partial charge is 0.373 e. The number of likely N-dealkylation sites (tertiary alicyclic amines) is 1. The first kappa shape index (κ1) is 23.4. The Morgan fingerprint density at radius 2 is 1.96 bits per heavy atom. The Morgan fingerprint density at radius 1 is 1.27 bits per heavy atom. The number of hydrogen-bond donors (Lipinski definition) is 2. The fourth-order valence-corrected chi connectivity index (χ4v) is 4.01. The molecule has 152 valence electrons. The number of morpholine rings is 1. The number of ether oxygens (including phenoxy) is 1. The van der Waals surface area contributed by atoms with Crippen LogP contribution in [0.5, 0.6) is 0 Å². The Hall–Kier alpha value is -0.610. The molecule has 2 fully saturated rings. The zero-order valence-electron chi connectivity index (χ0n) is 16.4. The standard InChI is InChI=1S/C18H35N5O2.HI/c1-14-11-22(12-15(2)25-14)8-5-7-21-18(20-3)23-9-4-6-16(13-23)10-17(19)24;/h14-16H,4-13H2,1-3H3,(H2,19,24)(H,20,21);1H. The predicted octanol–water partition coefficient (Wildman–Crippen LogP) is 1.27. The maximum Gasteiger partial charge on any atom is 0.217 e. The van der Waals surface area contributed by atoms with Crippen LogP contribution >= 0.6 is 24.0 Å². The summed E-state index contributed by atoms with van der Waals surface area (Å²) in [7, 11) is 1.82. The quantitative estimate of drug-likeness (QED) is 0.259. The number of guanidine groups is 1. The zero-order chi connectivity index (χ0) is 18.2. The number of carbonyl (C=O) groups is 1. The first-order chi connectivity index (χ1) is 12.0. The number of piperidine rings is 1. The van der Waals surface area contributed by atoms with E-state index in [0.717, 1.165) is 64.5 Å². The summed E-state index contributed by atoms with van der Waals surface area (Å²) in [5, 5.41) is 3.48. The molecule has 0 spiro atoms. The normalized spacial score (nSPS) is 27.7. The van der Waals surface area contributed by atoms with Gasteiger partial charge in [0.05, 0.1) is 12.2 Å². The van der Waals surface area contributed by atoms with Gasteiger partial charge in [-0.05, 0) is 39.0 Å². The molecule has 0 aromatic carbocycles. The Labute approximate surface area is 175 Å². The molecule has 1 amide bonds. The molecule has 0 radical (unpaired) electrons. The van der Waals surface area contributed by atoms with Crippen molar-refractivity contribution in [2.24, 2.45) is 16.6 Å². The van der Waals surface area contributed by atoms with Crippen molar-refractivity contribution in [2.45, 2.75) is 51.7 Å². The number of nitrogens with zero attached hydrogens (tertiary/aromatic N) is 3. The smallest absolute Gasteiger partial charge is 0.217 e. The van der Waals surface area contributed by atoms with Crippen molar-refractivity contribution in [3.8, 4) is 0 Å². The van der Waals surface area contributed by atoms with Gasteiger partial charge in [0.1, 0.15) is 0 Å². The molecule has 0 bridgehead atoms. The molecule has 0 aliphatic carbocycles. The van der Waals surface area contributed by atoms with Gasteiger partial charge in [-0.25, -0.2) is 0 Å². The zero-order valence-corrected chi connectivity index (χ0v) is 18.8. The number of primary amides is 1. The van der Waals surface area contributed by atoms with Crippen LogP contribution in [-0.4, -0.2) is 80.2 Å². The number of hydrogen-bond acceptors (Lipinski definition) is 4. The first-order valence-corrected chi connectivity index (χ1v) is 9.59. The third-order valence-electron chi connectivity index (χ3n) is 4.95. The van der Waals surface area contributed by atoms with Crippen LogP contribution in [-0.2, 0) is 9.53 Å². The van der Waals surface area contributed by atoms with Gasteiger partial charge < -0.3 is 20.7 Å². The minimum atomic E-state index is -0.205. The molecule has 2 rings (SSSR count). The summed E-state index contributed by atoms with van der Waals surface area (Å²) in [5.74, 6) is 1.09. The average Bonchev–Trinajstić information content (AvgIpc) is 2.53. The lowest BCUT2D eigenvalue weighted by Crippen LogP contribution is -2.48. The third-order valence-corrected chi connectivity index (χ3v) is 4.95. The Bertz CT molecular complexity index is 453. The number of nitrogens with one attached hydrogen (secondary N) is 1. The molecule has 2 aliphatic rings. The molecular formula is C18H36IN5O2. The summed E-state index contributed by atoms with van der Waals surface area (Å²) < 4.78 is 5.78. The highest BCUT2D eigenvalue weighted by Crippen LogP contribution is 2.19. The number of rotatable bonds is 6. The van der Waals surface area contributed by atoms with Crippen LogP contribution < -0.4 is 11.1 Å². The Kier molecular flexibility index (Phi) is 10.8. The lowest BCUT2D eigenvalue weighted by atomic mass is 9.95. The average molecular weight is 481 g/mol. The van der Waals surface area contributed by atoms with E-state index in [1.807, 2.05) is 7.05 Å². The van der Waals surface area contributed by atoms with Gasteiger partial charge in [-0.15, -0.1) is 24.0 Å². The van der Waals surface area contributed by atoms with E-state index in [2.05, 4.69) is 34.0 Å². The molecule has 0 aromatic rings. The van der Waals surface area contributed by atoms with E-state index < -0.39 is 0 Å². The van der Waals surface area contributed by atoms with Crippen LogP contribution in [0, 0.1) is 5.92 Å². The van der Waals surface area contributed by atoms with Crippen LogP contribution in [0.15, 0.2) is 4.99 Å². The van der Waals surface area contributed by atoms with E-state index in [0.29, 0.717) is 24.5 Å². The molecular weight excluding hydrogens is 445 g/mol. The maximum atomic E-state index is 11.2. The molecule has 3 unspecified atom stereocenters. The van der Waals surface area contributed by atoms with Crippen molar-refractivity contribution in [1.82, 2.24) is 15.1 Å². The van der Waals surface area contributed by atoms with Gasteiger partial charge in [0.15, 0.2) is 5.96 Å². The third kappa shape index (κ3) is 7.96. The van der Waals surface area contributed by atoms with Crippen molar-refractivity contribution in [2.75, 3.05) is 46.3 Å². The number of amides is 1. The predicted molar refractivity (Wildman–Crippen MR) is 116 cm³/mol. The second-order valence-corrected chi connectivity index (χ2v) is 7.47. The molecule has 3 N–H and O–H groups in total. The summed E-state index contributed by atoms with van der Waals surface area (Å²) in [5.41, 5.74) is 5.35. The number of nitrogens with two attached hydrogens (primary N) is 1. The van der Waals surface area contributed by atoms with E-state index in [1.54, 1.807) is 0 Å². The molecule has 0 saturated carbocycles. The molecule has 26 heavy (non-hydrogen) atoms. The molecule has 7 nitrogen and oxygen atoms in total. The fraction of sp³-hybridized carbons (Fsp3) is 0.889. The molecule has 8 heteroatoms.